The Morgan fingerprint density at radius 2 is 1.95 bits per heavy atom. The minimum Gasteiger partial charge on any atom is -0.481 e. The van der Waals surface area contributed by atoms with Gasteiger partial charge in [-0.05, 0) is 18.1 Å². The Morgan fingerprint density at radius 1 is 1.20 bits per heavy atom. The first-order valence-electron chi connectivity index (χ1n) is 6.34. The molecule has 1 atom stereocenters. The van der Waals surface area contributed by atoms with Crippen molar-refractivity contribution in [2.24, 2.45) is 0 Å². The zero-order chi connectivity index (χ0) is 14.4. The Balaban J connectivity index is 2.04. The number of carboxylic acids is 1. The van der Waals surface area contributed by atoms with Gasteiger partial charge in [0.05, 0.1) is 12.0 Å². The minimum absolute atomic E-state index is 0.106. The van der Waals surface area contributed by atoms with E-state index in [2.05, 4.69) is 10.3 Å². The maximum Gasteiger partial charge on any atom is 0.305 e. The second-order valence-electron chi connectivity index (χ2n) is 4.56. The molecule has 1 amide bonds. The Kier molecular flexibility index (Phi) is 4.55. The van der Waals surface area contributed by atoms with E-state index >= 15 is 0 Å². The second kappa shape index (κ2) is 6.56. The molecule has 5 nitrogen and oxygen atoms in total. The molecular formula is C15H16N2O3. The van der Waals surface area contributed by atoms with Crippen LogP contribution in [0.3, 0.4) is 0 Å². The van der Waals surface area contributed by atoms with Gasteiger partial charge < -0.3 is 15.4 Å². The largest absolute Gasteiger partial charge is 0.481 e. The second-order valence-corrected chi connectivity index (χ2v) is 4.56. The number of H-pyrrole nitrogens is 1. The molecule has 3 N–H and O–H groups in total. The van der Waals surface area contributed by atoms with Gasteiger partial charge >= 0.3 is 5.97 Å². The van der Waals surface area contributed by atoms with Crippen molar-refractivity contribution in [3.8, 4) is 0 Å². The summed E-state index contributed by atoms with van der Waals surface area (Å²) in [6.07, 6.45) is 3.61. The van der Waals surface area contributed by atoms with Crippen molar-refractivity contribution < 1.29 is 14.7 Å². The molecule has 0 aliphatic carbocycles. The summed E-state index contributed by atoms with van der Waals surface area (Å²) in [6.45, 7) is 0. The fourth-order valence-electron chi connectivity index (χ4n) is 2.02. The van der Waals surface area contributed by atoms with E-state index in [9.17, 15) is 9.59 Å². The van der Waals surface area contributed by atoms with E-state index in [0.717, 1.165) is 5.56 Å². The zero-order valence-electron chi connectivity index (χ0n) is 10.9. The van der Waals surface area contributed by atoms with Crippen LogP contribution in [0.5, 0.6) is 0 Å². The number of carbonyl (C=O) groups is 2. The Labute approximate surface area is 116 Å². The number of carboxylic acid groups (broad SMARTS) is 1. The highest BCUT2D eigenvalue weighted by Crippen LogP contribution is 2.07. The fraction of sp³-hybridized carbons (Fsp3) is 0.200. The highest BCUT2D eigenvalue weighted by atomic mass is 16.4. The van der Waals surface area contributed by atoms with Crippen molar-refractivity contribution in [1.29, 1.82) is 0 Å². The van der Waals surface area contributed by atoms with E-state index in [-0.39, 0.29) is 12.3 Å². The third-order valence-corrected chi connectivity index (χ3v) is 2.94. The average molecular weight is 272 g/mol. The first-order chi connectivity index (χ1) is 9.65. The predicted molar refractivity (Wildman–Crippen MR) is 74.4 cm³/mol. The summed E-state index contributed by atoms with van der Waals surface area (Å²) in [5.74, 6) is -1.20. The first-order valence-corrected chi connectivity index (χ1v) is 6.34. The molecule has 20 heavy (non-hydrogen) atoms. The third-order valence-electron chi connectivity index (χ3n) is 2.94. The molecule has 0 bridgehead atoms. The Bertz CT molecular complexity index is 564. The van der Waals surface area contributed by atoms with Crippen molar-refractivity contribution in [2.45, 2.75) is 18.9 Å². The smallest absolute Gasteiger partial charge is 0.305 e. The number of hydrogen-bond acceptors (Lipinski definition) is 2. The molecule has 0 saturated carbocycles. The number of aliphatic carboxylic acids is 1. The number of nitrogens with one attached hydrogen (secondary N) is 2. The van der Waals surface area contributed by atoms with Crippen LogP contribution in [0.15, 0.2) is 48.8 Å². The molecule has 2 aromatic rings. The summed E-state index contributed by atoms with van der Waals surface area (Å²) in [7, 11) is 0. The maximum absolute atomic E-state index is 12.0. The standard InChI is InChI=1S/C15H16N2O3/c18-14(19)9-13(8-11-4-2-1-3-5-11)17-15(20)12-6-7-16-10-12/h1-7,10,13,16H,8-9H2,(H,17,20)(H,18,19). The number of carbonyl (C=O) groups excluding carboxylic acids is 1. The van der Waals surface area contributed by atoms with Crippen molar-refractivity contribution in [2.75, 3.05) is 0 Å². The van der Waals surface area contributed by atoms with E-state index < -0.39 is 12.0 Å². The van der Waals surface area contributed by atoms with E-state index in [0.29, 0.717) is 12.0 Å². The molecule has 0 saturated heterocycles. The van der Waals surface area contributed by atoms with Crippen LogP contribution < -0.4 is 5.32 Å². The summed E-state index contributed by atoms with van der Waals surface area (Å²) in [5.41, 5.74) is 1.49. The van der Waals surface area contributed by atoms with Crippen LogP contribution in [0.25, 0.3) is 0 Å². The van der Waals surface area contributed by atoms with E-state index in [1.54, 1.807) is 18.5 Å². The first kappa shape index (κ1) is 13.9. The highest BCUT2D eigenvalue weighted by molar-refractivity contribution is 5.94. The van der Waals surface area contributed by atoms with Gasteiger partial charge in [-0.15, -0.1) is 0 Å². The van der Waals surface area contributed by atoms with Gasteiger partial charge in [0, 0.05) is 18.4 Å². The van der Waals surface area contributed by atoms with Gasteiger partial charge in [0.1, 0.15) is 0 Å². The molecule has 5 heteroatoms. The molecule has 0 radical (unpaired) electrons. The number of hydrogen-bond donors (Lipinski definition) is 3. The molecule has 1 aromatic carbocycles. The van der Waals surface area contributed by atoms with Crippen LogP contribution in [-0.4, -0.2) is 28.0 Å². The topological polar surface area (TPSA) is 82.2 Å². The van der Waals surface area contributed by atoms with Gasteiger partial charge in [0.2, 0.25) is 0 Å². The number of amides is 1. The van der Waals surface area contributed by atoms with Crippen molar-refractivity contribution in [1.82, 2.24) is 10.3 Å². The van der Waals surface area contributed by atoms with Crippen LogP contribution >= 0.6 is 0 Å². The summed E-state index contributed by atoms with van der Waals surface area (Å²) in [5, 5.41) is 11.7. The normalized spacial score (nSPS) is 11.8. The molecule has 1 heterocycles. The molecule has 0 aliphatic rings. The number of benzene rings is 1. The van der Waals surface area contributed by atoms with Crippen molar-refractivity contribution in [3.63, 3.8) is 0 Å². The molecule has 2 rings (SSSR count). The SMILES string of the molecule is O=C(O)CC(Cc1ccccc1)NC(=O)c1cc[nH]c1. The molecule has 1 aromatic heterocycles. The lowest BCUT2D eigenvalue weighted by Gasteiger charge is -2.16. The van der Waals surface area contributed by atoms with E-state index in [4.69, 9.17) is 5.11 Å². The highest BCUT2D eigenvalue weighted by Gasteiger charge is 2.17. The Hall–Kier alpha value is -2.56. The molecule has 0 spiro atoms. The monoisotopic (exact) mass is 272 g/mol. The van der Waals surface area contributed by atoms with E-state index in [1.165, 1.54) is 0 Å². The van der Waals surface area contributed by atoms with Gasteiger partial charge in [-0.2, -0.15) is 0 Å². The summed E-state index contributed by atoms with van der Waals surface area (Å²) >= 11 is 0. The zero-order valence-corrected chi connectivity index (χ0v) is 10.9. The molecule has 0 aliphatic heterocycles. The molecule has 0 fully saturated rings. The van der Waals surface area contributed by atoms with Crippen molar-refractivity contribution in [3.05, 3.63) is 59.9 Å². The summed E-state index contributed by atoms with van der Waals surface area (Å²) < 4.78 is 0. The van der Waals surface area contributed by atoms with Crippen molar-refractivity contribution >= 4 is 11.9 Å². The Morgan fingerprint density at radius 3 is 2.55 bits per heavy atom. The lowest BCUT2D eigenvalue weighted by molar-refractivity contribution is -0.137. The summed E-state index contributed by atoms with van der Waals surface area (Å²) in [6, 6.07) is 10.7. The lowest BCUT2D eigenvalue weighted by atomic mass is 10.0. The molecule has 104 valence electrons. The van der Waals surface area contributed by atoms with Crippen LogP contribution in [0.4, 0.5) is 0 Å². The molecular weight excluding hydrogens is 256 g/mol. The van der Waals surface area contributed by atoms with Crippen LogP contribution in [0.1, 0.15) is 22.3 Å². The van der Waals surface area contributed by atoms with E-state index in [1.807, 2.05) is 30.3 Å². The summed E-state index contributed by atoms with van der Waals surface area (Å²) in [4.78, 5) is 25.7. The third kappa shape index (κ3) is 3.98. The van der Waals surface area contributed by atoms with Gasteiger partial charge in [-0.25, -0.2) is 0 Å². The molecule has 1 unspecified atom stereocenters. The van der Waals surface area contributed by atoms with Gasteiger partial charge in [-0.1, -0.05) is 30.3 Å². The van der Waals surface area contributed by atoms with Gasteiger partial charge in [-0.3, -0.25) is 9.59 Å². The number of rotatable bonds is 6. The fourth-order valence-corrected chi connectivity index (χ4v) is 2.02. The van der Waals surface area contributed by atoms with Crippen LogP contribution in [0.2, 0.25) is 0 Å². The average Bonchev–Trinajstić information content (AvgIpc) is 2.93. The minimum atomic E-state index is -0.930. The predicted octanol–water partition coefficient (Wildman–Crippen LogP) is 1.83. The number of aromatic amines is 1. The van der Waals surface area contributed by atoms with Gasteiger partial charge in [0.15, 0.2) is 0 Å². The number of aromatic nitrogens is 1. The lowest BCUT2D eigenvalue weighted by Crippen LogP contribution is -2.38. The van der Waals surface area contributed by atoms with Crippen LogP contribution in [-0.2, 0) is 11.2 Å². The maximum atomic E-state index is 12.0. The quantitative estimate of drug-likeness (QED) is 0.750. The van der Waals surface area contributed by atoms with Crippen LogP contribution in [0, 0.1) is 0 Å². The van der Waals surface area contributed by atoms with Gasteiger partial charge in [0.25, 0.3) is 5.91 Å².